The van der Waals surface area contributed by atoms with Gasteiger partial charge in [-0.1, -0.05) is 30.7 Å². The quantitative estimate of drug-likeness (QED) is 0.721. The van der Waals surface area contributed by atoms with Gasteiger partial charge in [-0.2, -0.15) is 0 Å². The molecule has 2 heterocycles. The number of aliphatic hydroxyl groups is 1. The maximum absolute atomic E-state index is 9.36. The lowest BCUT2D eigenvalue weighted by Gasteiger charge is -2.21. The zero-order valence-electron chi connectivity index (χ0n) is 16.5. The summed E-state index contributed by atoms with van der Waals surface area (Å²) >= 11 is 6.18. The van der Waals surface area contributed by atoms with Crippen LogP contribution >= 0.6 is 11.6 Å². The standard InChI is InChI=1S/C22H30ClN3O/c1-4-21(18-5-6-20(23)15(2)9-18)25-22-10-19(16(3)11-24-22)13-26-8-7-17(12-26)14-27/h5-6,9-11,17,21,27H,4,7-8,12-14H2,1-3H3,(H,24,25)/t17-,21-/m1/s1. The molecule has 1 fully saturated rings. The summed E-state index contributed by atoms with van der Waals surface area (Å²) in [6, 6.07) is 8.58. The Bertz CT molecular complexity index is 780. The van der Waals surface area contributed by atoms with Gasteiger partial charge in [0, 0.05) is 30.9 Å². The smallest absolute Gasteiger partial charge is 0.126 e. The van der Waals surface area contributed by atoms with Gasteiger partial charge in [0.15, 0.2) is 0 Å². The fraction of sp³-hybridized carbons (Fsp3) is 0.500. The van der Waals surface area contributed by atoms with E-state index in [0.717, 1.165) is 48.9 Å². The van der Waals surface area contributed by atoms with Crippen LogP contribution in [0.4, 0.5) is 5.82 Å². The van der Waals surface area contributed by atoms with E-state index in [1.165, 1.54) is 16.7 Å². The lowest BCUT2D eigenvalue weighted by Crippen LogP contribution is -2.21. The Labute approximate surface area is 167 Å². The van der Waals surface area contributed by atoms with Gasteiger partial charge >= 0.3 is 0 Å². The van der Waals surface area contributed by atoms with E-state index in [4.69, 9.17) is 11.6 Å². The minimum absolute atomic E-state index is 0.203. The van der Waals surface area contributed by atoms with Gasteiger partial charge in [0.1, 0.15) is 5.82 Å². The number of aliphatic hydroxyl groups excluding tert-OH is 1. The molecule has 2 N–H and O–H groups in total. The number of benzene rings is 1. The summed E-state index contributed by atoms with van der Waals surface area (Å²) in [6.45, 7) is 9.56. The van der Waals surface area contributed by atoms with E-state index in [1.54, 1.807) is 0 Å². The van der Waals surface area contributed by atoms with Crippen molar-refractivity contribution < 1.29 is 5.11 Å². The van der Waals surface area contributed by atoms with Crippen molar-refractivity contribution >= 4 is 17.4 Å². The molecule has 1 aliphatic rings. The number of nitrogens with one attached hydrogen (secondary N) is 1. The summed E-state index contributed by atoms with van der Waals surface area (Å²) in [6.07, 6.45) is 4.01. The largest absolute Gasteiger partial charge is 0.396 e. The summed E-state index contributed by atoms with van der Waals surface area (Å²) in [7, 11) is 0. The molecule has 5 heteroatoms. The maximum atomic E-state index is 9.36. The van der Waals surface area contributed by atoms with Crippen LogP contribution in [0.1, 0.15) is 48.1 Å². The van der Waals surface area contributed by atoms with E-state index in [2.05, 4.69) is 47.2 Å². The molecular formula is C22H30ClN3O. The van der Waals surface area contributed by atoms with Crippen molar-refractivity contribution in [1.82, 2.24) is 9.88 Å². The molecule has 0 bridgehead atoms. The van der Waals surface area contributed by atoms with E-state index in [9.17, 15) is 5.11 Å². The lowest BCUT2D eigenvalue weighted by atomic mass is 10.0. The molecule has 2 aromatic rings. The van der Waals surface area contributed by atoms with Gasteiger partial charge in [0.2, 0.25) is 0 Å². The molecule has 27 heavy (non-hydrogen) atoms. The molecular weight excluding hydrogens is 358 g/mol. The first-order chi connectivity index (χ1) is 13.0. The molecule has 2 atom stereocenters. The SMILES string of the molecule is CC[C@@H](Nc1cc(CN2CC[C@@H](CO)C2)c(C)cn1)c1ccc(Cl)c(C)c1. The third kappa shape index (κ3) is 5.01. The average molecular weight is 388 g/mol. The molecule has 1 aliphatic heterocycles. The topological polar surface area (TPSA) is 48.4 Å². The number of halogens is 1. The zero-order valence-corrected chi connectivity index (χ0v) is 17.3. The highest BCUT2D eigenvalue weighted by Crippen LogP contribution is 2.27. The van der Waals surface area contributed by atoms with Crippen LogP contribution in [0.5, 0.6) is 0 Å². The van der Waals surface area contributed by atoms with Crippen LogP contribution in [0.3, 0.4) is 0 Å². The van der Waals surface area contributed by atoms with Crippen molar-refractivity contribution in [3.05, 3.63) is 57.7 Å². The first-order valence-electron chi connectivity index (χ1n) is 9.81. The van der Waals surface area contributed by atoms with E-state index in [-0.39, 0.29) is 12.6 Å². The highest BCUT2D eigenvalue weighted by atomic mass is 35.5. The zero-order chi connectivity index (χ0) is 19.4. The summed E-state index contributed by atoms with van der Waals surface area (Å²) < 4.78 is 0. The summed E-state index contributed by atoms with van der Waals surface area (Å²) in [4.78, 5) is 7.03. The number of nitrogens with zero attached hydrogens (tertiary/aromatic N) is 2. The molecule has 0 radical (unpaired) electrons. The van der Waals surface area contributed by atoms with Crippen LogP contribution in [0.25, 0.3) is 0 Å². The van der Waals surface area contributed by atoms with Crippen molar-refractivity contribution in [2.75, 3.05) is 25.0 Å². The Morgan fingerprint density at radius 3 is 2.78 bits per heavy atom. The number of hydrogen-bond donors (Lipinski definition) is 2. The second kappa shape index (κ2) is 9.05. The number of aryl methyl sites for hydroxylation is 2. The molecule has 1 aromatic heterocycles. The molecule has 0 amide bonds. The fourth-order valence-corrected chi connectivity index (χ4v) is 3.86. The van der Waals surface area contributed by atoms with Crippen molar-refractivity contribution in [3.8, 4) is 0 Å². The van der Waals surface area contributed by atoms with E-state index in [0.29, 0.717) is 5.92 Å². The van der Waals surface area contributed by atoms with E-state index in [1.807, 2.05) is 19.2 Å². The number of hydrogen-bond acceptors (Lipinski definition) is 4. The van der Waals surface area contributed by atoms with Crippen molar-refractivity contribution in [1.29, 1.82) is 0 Å². The normalized spacial score (nSPS) is 18.6. The summed E-state index contributed by atoms with van der Waals surface area (Å²) in [5.41, 5.74) is 4.84. The number of likely N-dealkylation sites (tertiary alicyclic amines) is 1. The van der Waals surface area contributed by atoms with Crippen LogP contribution < -0.4 is 5.32 Å². The first-order valence-corrected chi connectivity index (χ1v) is 10.2. The third-order valence-electron chi connectivity index (χ3n) is 5.55. The predicted octanol–water partition coefficient (Wildman–Crippen LogP) is 4.73. The number of anilines is 1. The Hall–Kier alpha value is -1.62. The number of rotatable bonds is 7. The van der Waals surface area contributed by atoms with Crippen LogP contribution in [0, 0.1) is 19.8 Å². The van der Waals surface area contributed by atoms with E-state index >= 15 is 0 Å². The molecule has 0 saturated carbocycles. The van der Waals surface area contributed by atoms with Crippen molar-refractivity contribution in [3.63, 3.8) is 0 Å². The second-order valence-corrected chi connectivity index (χ2v) is 8.09. The number of pyridine rings is 1. The van der Waals surface area contributed by atoms with Gasteiger partial charge in [-0.25, -0.2) is 4.98 Å². The van der Waals surface area contributed by atoms with Crippen LogP contribution in [-0.2, 0) is 6.54 Å². The minimum atomic E-state index is 0.203. The predicted molar refractivity (Wildman–Crippen MR) is 112 cm³/mol. The molecule has 0 spiro atoms. The van der Waals surface area contributed by atoms with Crippen LogP contribution in [-0.4, -0.2) is 34.7 Å². The minimum Gasteiger partial charge on any atom is -0.396 e. The summed E-state index contributed by atoms with van der Waals surface area (Å²) in [5, 5.41) is 13.8. The lowest BCUT2D eigenvalue weighted by molar-refractivity contribution is 0.220. The fourth-order valence-electron chi connectivity index (χ4n) is 3.75. The highest BCUT2D eigenvalue weighted by molar-refractivity contribution is 6.31. The number of aromatic nitrogens is 1. The van der Waals surface area contributed by atoms with E-state index < -0.39 is 0 Å². The summed E-state index contributed by atoms with van der Waals surface area (Å²) in [5.74, 6) is 1.33. The molecule has 146 valence electrons. The Kier molecular flexibility index (Phi) is 6.74. The second-order valence-electron chi connectivity index (χ2n) is 7.68. The molecule has 3 rings (SSSR count). The van der Waals surface area contributed by atoms with Gasteiger partial charge in [0.25, 0.3) is 0 Å². The first kappa shape index (κ1) is 20.1. The Morgan fingerprint density at radius 2 is 2.11 bits per heavy atom. The van der Waals surface area contributed by atoms with Gasteiger partial charge in [-0.05, 0) is 73.5 Å². The molecule has 0 unspecified atom stereocenters. The van der Waals surface area contributed by atoms with Crippen LogP contribution in [0.15, 0.2) is 30.5 Å². The van der Waals surface area contributed by atoms with Crippen molar-refractivity contribution in [2.45, 2.75) is 46.2 Å². The van der Waals surface area contributed by atoms with Gasteiger partial charge in [0.05, 0.1) is 6.04 Å². The van der Waals surface area contributed by atoms with Gasteiger partial charge in [-0.15, -0.1) is 0 Å². The highest BCUT2D eigenvalue weighted by Gasteiger charge is 2.22. The average Bonchev–Trinajstić information content (AvgIpc) is 3.12. The maximum Gasteiger partial charge on any atom is 0.126 e. The Balaban J connectivity index is 1.73. The molecule has 4 nitrogen and oxygen atoms in total. The third-order valence-corrected chi connectivity index (χ3v) is 5.98. The van der Waals surface area contributed by atoms with Crippen molar-refractivity contribution in [2.24, 2.45) is 5.92 Å². The monoisotopic (exact) mass is 387 g/mol. The van der Waals surface area contributed by atoms with Crippen LogP contribution in [0.2, 0.25) is 5.02 Å². The van der Waals surface area contributed by atoms with Gasteiger partial charge < -0.3 is 10.4 Å². The Morgan fingerprint density at radius 1 is 1.30 bits per heavy atom. The molecule has 0 aliphatic carbocycles. The van der Waals surface area contributed by atoms with Gasteiger partial charge in [-0.3, -0.25) is 4.90 Å². The molecule has 1 saturated heterocycles. The molecule has 1 aromatic carbocycles.